The van der Waals surface area contributed by atoms with Crippen LogP contribution in [0.5, 0.6) is 0 Å². The van der Waals surface area contributed by atoms with Gasteiger partial charge in [0.15, 0.2) is 6.10 Å². The van der Waals surface area contributed by atoms with Crippen molar-refractivity contribution in [2.45, 2.75) is 45.0 Å². The normalized spacial score (nSPS) is 21.8. The van der Waals surface area contributed by atoms with Crippen molar-refractivity contribution in [1.29, 1.82) is 0 Å². The maximum atomic E-state index is 12.9. The lowest BCUT2D eigenvalue weighted by Crippen LogP contribution is -2.63. The molecule has 1 aromatic heterocycles. The summed E-state index contributed by atoms with van der Waals surface area (Å²) in [6.45, 7) is 5.14. The van der Waals surface area contributed by atoms with Crippen molar-refractivity contribution in [2.75, 3.05) is 0 Å². The zero-order valence-electron chi connectivity index (χ0n) is 16.9. The van der Waals surface area contributed by atoms with Crippen LogP contribution in [0.1, 0.15) is 43.6 Å². The first kappa shape index (κ1) is 22.9. The summed E-state index contributed by atoms with van der Waals surface area (Å²) in [5.41, 5.74) is -2.50. The molecular formula is C21H19ClF3N2O4-. The van der Waals surface area contributed by atoms with Crippen LogP contribution >= 0.6 is 11.6 Å². The maximum Gasteiger partial charge on any atom is 0.416 e. The molecule has 1 aromatic carbocycles. The molecule has 3 rings (SSSR count). The van der Waals surface area contributed by atoms with Crippen LogP contribution in [0, 0.1) is 5.41 Å². The van der Waals surface area contributed by atoms with Gasteiger partial charge in [-0.25, -0.2) is 9.78 Å². The summed E-state index contributed by atoms with van der Waals surface area (Å²) in [5, 5.41) is 12.2. The molecule has 2 aromatic rings. The van der Waals surface area contributed by atoms with E-state index in [9.17, 15) is 27.9 Å². The van der Waals surface area contributed by atoms with E-state index in [-0.39, 0.29) is 11.6 Å². The lowest BCUT2D eigenvalue weighted by Gasteiger charge is -2.48. The van der Waals surface area contributed by atoms with Crippen LogP contribution in [-0.4, -0.2) is 27.6 Å². The fraction of sp³-hybridized carbons (Fsp3) is 0.381. The summed E-state index contributed by atoms with van der Waals surface area (Å²) in [6.07, 6.45) is -7.24. The molecule has 0 N–H and O–H groups in total. The molecule has 1 saturated heterocycles. The fourth-order valence-corrected chi connectivity index (χ4v) is 4.05. The molecule has 10 heteroatoms. The van der Waals surface area contributed by atoms with Crippen LogP contribution in [0.25, 0.3) is 0 Å². The van der Waals surface area contributed by atoms with Crippen molar-refractivity contribution < 1.29 is 32.6 Å². The van der Waals surface area contributed by atoms with E-state index in [4.69, 9.17) is 16.3 Å². The van der Waals surface area contributed by atoms with Crippen molar-refractivity contribution in [2.24, 2.45) is 5.41 Å². The highest BCUT2D eigenvalue weighted by molar-refractivity contribution is 6.29. The third-order valence-corrected chi connectivity index (χ3v) is 5.75. The number of carbonyl (C=O) groups is 2. The number of ether oxygens (including phenoxy) is 1. The van der Waals surface area contributed by atoms with Gasteiger partial charge in [-0.15, -0.1) is 0 Å². The first-order valence-electron chi connectivity index (χ1n) is 9.27. The molecule has 0 aliphatic carbocycles. The first-order chi connectivity index (χ1) is 14.3. The summed E-state index contributed by atoms with van der Waals surface area (Å²) in [7, 11) is 0. The standard InChI is InChI=1S/C21H20ClF3N2O4/c1-19(2,3)20(10-12-4-7-14(8-5-12)21(23,24)25)16(13-6-9-15(22)26-11-13)31-18(30)27(20)17(28)29/h4-9,11,16H,10H2,1-3H3,(H,28,29)/p-1. The zero-order valence-corrected chi connectivity index (χ0v) is 17.6. The minimum Gasteiger partial charge on any atom is -0.529 e. The Morgan fingerprint density at radius 2 is 1.81 bits per heavy atom. The second-order valence-corrected chi connectivity index (χ2v) is 8.71. The highest BCUT2D eigenvalue weighted by Gasteiger charge is 2.62. The minimum atomic E-state index is -4.51. The number of alkyl halides is 3. The Morgan fingerprint density at radius 3 is 2.26 bits per heavy atom. The summed E-state index contributed by atoms with van der Waals surface area (Å²) in [5.74, 6) is 0. The number of hydrogen-bond acceptors (Lipinski definition) is 5. The number of rotatable bonds is 3. The number of pyridine rings is 1. The van der Waals surface area contributed by atoms with Crippen LogP contribution in [-0.2, 0) is 17.3 Å². The molecule has 1 aliphatic rings. The van der Waals surface area contributed by atoms with Gasteiger partial charge in [-0.05, 0) is 29.2 Å². The SMILES string of the molecule is CC(C)(C)C1(Cc2ccc(C(F)(F)F)cc2)C(c2ccc(Cl)nc2)OC(=O)N1C(=O)[O-]. The second kappa shape index (κ2) is 7.71. The van der Waals surface area contributed by atoms with Gasteiger partial charge in [-0.3, -0.25) is 4.90 Å². The number of amides is 2. The predicted molar refractivity (Wildman–Crippen MR) is 103 cm³/mol. The highest BCUT2D eigenvalue weighted by atomic mass is 35.5. The number of aromatic nitrogens is 1. The third kappa shape index (κ3) is 4.06. The van der Waals surface area contributed by atoms with Crippen molar-refractivity contribution in [3.05, 3.63) is 64.4 Å². The average Bonchev–Trinajstić information content (AvgIpc) is 2.95. The van der Waals surface area contributed by atoms with Crippen LogP contribution < -0.4 is 5.11 Å². The van der Waals surface area contributed by atoms with Crippen LogP contribution in [0.2, 0.25) is 5.15 Å². The molecule has 2 heterocycles. The Hall–Kier alpha value is -2.81. The lowest BCUT2D eigenvalue weighted by molar-refractivity contribution is -0.268. The largest absolute Gasteiger partial charge is 0.529 e. The molecule has 0 spiro atoms. The van der Waals surface area contributed by atoms with Gasteiger partial charge in [0.05, 0.1) is 5.56 Å². The predicted octanol–water partition coefficient (Wildman–Crippen LogP) is 4.62. The van der Waals surface area contributed by atoms with E-state index in [0.29, 0.717) is 16.0 Å². The van der Waals surface area contributed by atoms with Crippen molar-refractivity contribution in [3.63, 3.8) is 0 Å². The van der Waals surface area contributed by atoms with Gasteiger partial charge in [0.1, 0.15) is 16.8 Å². The van der Waals surface area contributed by atoms with Crippen LogP contribution in [0.15, 0.2) is 42.6 Å². The molecule has 6 nitrogen and oxygen atoms in total. The molecule has 0 saturated carbocycles. The van der Waals surface area contributed by atoms with Crippen molar-refractivity contribution in [3.8, 4) is 0 Å². The van der Waals surface area contributed by atoms with Gasteiger partial charge in [0, 0.05) is 18.2 Å². The van der Waals surface area contributed by atoms with Gasteiger partial charge in [0.2, 0.25) is 0 Å². The molecule has 31 heavy (non-hydrogen) atoms. The highest BCUT2D eigenvalue weighted by Crippen LogP contribution is 2.53. The Balaban J connectivity index is 2.17. The Kier molecular flexibility index (Phi) is 5.69. The minimum absolute atomic E-state index is 0.109. The molecule has 2 unspecified atom stereocenters. The Bertz CT molecular complexity index is 988. The molecule has 0 radical (unpaired) electrons. The molecule has 2 amide bonds. The molecule has 166 valence electrons. The van der Waals surface area contributed by atoms with E-state index in [1.54, 1.807) is 26.8 Å². The third-order valence-electron chi connectivity index (χ3n) is 5.52. The van der Waals surface area contributed by atoms with Gasteiger partial charge < -0.3 is 14.6 Å². The maximum absolute atomic E-state index is 12.9. The number of nitrogens with zero attached hydrogens (tertiary/aromatic N) is 2. The molecule has 2 atom stereocenters. The van der Waals surface area contributed by atoms with Crippen LogP contribution in [0.4, 0.5) is 22.8 Å². The smallest absolute Gasteiger partial charge is 0.416 e. The average molecular weight is 456 g/mol. The summed E-state index contributed by atoms with van der Waals surface area (Å²) in [6, 6.07) is 7.35. The lowest BCUT2D eigenvalue weighted by atomic mass is 9.65. The Labute approximate surface area is 181 Å². The molecule has 1 aliphatic heterocycles. The molecule has 1 fully saturated rings. The monoisotopic (exact) mass is 455 g/mol. The van der Waals surface area contributed by atoms with E-state index in [0.717, 1.165) is 12.1 Å². The second-order valence-electron chi connectivity index (χ2n) is 8.33. The summed E-state index contributed by atoms with van der Waals surface area (Å²) in [4.78, 5) is 29.1. The van der Waals surface area contributed by atoms with Crippen molar-refractivity contribution >= 4 is 23.8 Å². The van der Waals surface area contributed by atoms with Gasteiger partial charge in [0.25, 0.3) is 0 Å². The quantitative estimate of drug-likeness (QED) is 0.631. The fourth-order valence-electron chi connectivity index (χ4n) is 3.94. The number of benzene rings is 1. The van der Waals surface area contributed by atoms with E-state index >= 15 is 0 Å². The van der Waals surface area contributed by atoms with E-state index < -0.39 is 41.0 Å². The number of carboxylic acid groups (broad SMARTS) is 1. The van der Waals surface area contributed by atoms with Gasteiger partial charge in [-0.1, -0.05) is 50.6 Å². The van der Waals surface area contributed by atoms with Gasteiger partial charge >= 0.3 is 12.3 Å². The number of cyclic esters (lactones) is 1. The van der Waals surface area contributed by atoms with E-state index in [2.05, 4.69) is 4.98 Å². The van der Waals surface area contributed by atoms with Crippen molar-refractivity contribution in [1.82, 2.24) is 9.88 Å². The van der Waals surface area contributed by atoms with Crippen LogP contribution in [0.3, 0.4) is 0 Å². The van der Waals surface area contributed by atoms with Gasteiger partial charge in [-0.2, -0.15) is 13.2 Å². The zero-order chi connectivity index (χ0) is 23.2. The Morgan fingerprint density at radius 1 is 1.19 bits per heavy atom. The number of carbonyl (C=O) groups excluding carboxylic acids is 2. The summed E-state index contributed by atoms with van der Waals surface area (Å²) < 4.78 is 44.3. The number of imide groups is 1. The number of hydrogen-bond donors (Lipinski definition) is 0. The van der Waals surface area contributed by atoms with E-state index in [1.165, 1.54) is 24.4 Å². The van der Waals surface area contributed by atoms with E-state index in [1.807, 2.05) is 0 Å². The summed E-state index contributed by atoms with van der Waals surface area (Å²) >= 11 is 5.84. The first-order valence-corrected chi connectivity index (χ1v) is 9.64. The molecule has 0 bridgehead atoms. The molecular weight excluding hydrogens is 437 g/mol. The number of halogens is 4. The topological polar surface area (TPSA) is 82.6 Å².